The molecule has 5 heteroatoms. The van der Waals surface area contributed by atoms with Crippen molar-refractivity contribution in [3.8, 4) is 0 Å². The number of carbonyl (C=O) groups excluding carboxylic acids is 1. The molecule has 0 radical (unpaired) electrons. The second-order valence-electron chi connectivity index (χ2n) is 7.48. The van der Waals surface area contributed by atoms with E-state index in [2.05, 4.69) is 69.3 Å². The Balaban J connectivity index is 2.54. The van der Waals surface area contributed by atoms with Gasteiger partial charge in [0.05, 0.1) is 6.54 Å². The summed E-state index contributed by atoms with van der Waals surface area (Å²) >= 11 is 0. The molecule has 1 unspecified atom stereocenters. The van der Waals surface area contributed by atoms with E-state index in [1.165, 1.54) is 11.1 Å². The molecule has 0 heterocycles. The van der Waals surface area contributed by atoms with Gasteiger partial charge in [0.25, 0.3) is 0 Å². The molecule has 1 aromatic carbocycles. The number of likely N-dealkylation sites (N-methyl/N-ethyl adjacent to an activating group) is 2. The topological polar surface area (TPSA) is 61.6 Å². The van der Waals surface area contributed by atoms with Gasteiger partial charge in [-0.3, -0.25) is 20.0 Å². The smallest absolute Gasteiger partial charge is 0.248 e. The standard InChI is InChI=1S/C18H32N4O/c1-14(11-21(5)13-17(23)20-19)22(6)12-15-7-9-16(10-8-15)18(2,3)4/h7-10,14H,11-13,19H2,1-6H3,(H,20,23). The van der Waals surface area contributed by atoms with Crippen LogP contribution in [0, 0.1) is 0 Å². The molecule has 0 aliphatic carbocycles. The number of nitrogens with two attached hydrogens (primary N) is 1. The van der Waals surface area contributed by atoms with Crippen molar-refractivity contribution in [1.29, 1.82) is 0 Å². The largest absolute Gasteiger partial charge is 0.298 e. The van der Waals surface area contributed by atoms with Crippen LogP contribution in [0.5, 0.6) is 0 Å². The average molecular weight is 320 g/mol. The van der Waals surface area contributed by atoms with Crippen LogP contribution in [0.25, 0.3) is 0 Å². The Labute approximate surface area is 140 Å². The van der Waals surface area contributed by atoms with Gasteiger partial charge in [-0.2, -0.15) is 0 Å². The van der Waals surface area contributed by atoms with Gasteiger partial charge in [0, 0.05) is 19.1 Å². The number of hydrazine groups is 1. The molecule has 0 saturated heterocycles. The van der Waals surface area contributed by atoms with E-state index < -0.39 is 0 Å². The minimum absolute atomic E-state index is 0.167. The van der Waals surface area contributed by atoms with E-state index in [4.69, 9.17) is 5.84 Å². The predicted octanol–water partition coefficient (Wildman–Crippen LogP) is 1.73. The number of amides is 1. The molecule has 0 aliphatic heterocycles. The van der Waals surface area contributed by atoms with Crippen molar-refractivity contribution < 1.29 is 4.79 Å². The minimum Gasteiger partial charge on any atom is -0.298 e. The van der Waals surface area contributed by atoms with Gasteiger partial charge in [0.1, 0.15) is 0 Å². The first-order valence-corrected chi connectivity index (χ1v) is 8.11. The Bertz CT molecular complexity index is 493. The fourth-order valence-electron chi connectivity index (χ4n) is 2.50. The fourth-order valence-corrected chi connectivity index (χ4v) is 2.50. The summed E-state index contributed by atoms with van der Waals surface area (Å²) in [6, 6.07) is 9.18. The van der Waals surface area contributed by atoms with Crippen LogP contribution in [-0.4, -0.2) is 48.9 Å². The normalized spacial score (nSPS) is 13.4. The summed E-state index contributed by atoms with van der Waals surface area (Å²) < 4.78 is 0. The van der Waals surface area contributed by atoms with Gasteiger partial charge in [-0.25, -0.2) is 5.84 Å². The number of rotatable bonds is 7. The van der Waals surface area contributed by atoms with E-state index in [1.54, 1.807) is 0 Å². The van der Waals surface area contributed by atoms with Crippen molar-refractivity contribution in [2.45, 2.75) is 45.7 Å². The minimum atomic E-state index is -0.167. The molecule has 3 N–H and O–H groups in total. The quantitative estimate of drug-likeness (QED) is 0.456. The molecule has 1 rings (SSSR count). The molecule has 1 aromatic rings. The number of nitrogens with one attached hydrogen (secondary N) is 1. The van der Waals surface area contributed by atoms with E-state index in [0.717, 1.165) is 13.1 Å². The highest BCUT2D eigenvalue weighted by atomic mass is 16.2. The lowest BCUT2D eigenvalue weighted by Crippen LogP contribution is -2.44. The SMILES string of the molecule is CC(CN(C)CC(=O)NN)N(C)Cc1ccc(C(C)(C)C)cc1. The molecule has 0 aromatic heterocycles. The van der Waals surface area contributed by atoms with Crippen LogP contribution in [0.2, 0.25) is 0 Å². The van der Waals surface area contributed by atoms with Gasteiger partial charge in [-0.05, 0) is 37.6 Å². The molecular formula is C18H32N4O. The van der Waals surface area contributed by atoms with Gasteiger partial charge in [-0.15, -0.1) is 0 Å². The zero-order chi connectivity index (χ0) is 17.6. The predicted molar refractivity (Wildman–Crippen MR) is 95.9 cm³/mol. The molecule has 5 nitrogen and oxygen atoms in total. The molecule has 130 valence electrons. The van der Waals surface area contributed by atoms with Gasteiger partial charge in [0.2, 0.25) is 5.91 Å². The summed E-state index contributed by atoms with van der Waals surface area (Å²) in [5, 5.41) is 0. The van der Waals surface area contributed by atoms with E-state index in [9.17, 15) is 4.79 Å². The Morgan fingerprint density at radius 3 is 2.26 bits per heavy atom. The number of carbonyl (C=O) groups is 1. The summed E-state index contributed by atoms with van der Waals surface area (Å²) in [6.07, 6.45) is 0. The lowest BCUT2D eigenvalue weighted by atomic mass is 9.87. The Kier molecular flexibility index (Phi) is 7.19. The average Bonchev–Trinajstić information content (AvgIpc) is 2.46. The molecule has 0 spiro atoms. The van der Waals surface area contributed by atoms with Crippen molar-refractivity contribution in [2.75, 3.05) is 27.2 Å². The van der Waals surface area contributed by atoms with Crippen LogP contribution in [0.4, 0.5) is 0 Å². The zero-order valence-corrected chi connectivity index (χ0v) is 15.4. The summed E-state index contributed by atoms with van der Waals surface area (Å²) in [7, 11) is 4.04. The van der Waals surface area contributed by atoms with Crippen molar-refractivity contribution in [3.63, 3.8) is 0 Å². The Morgan fingerprint density at radius 2 is 1.78 bits per heavy atom. The lowest BCUT2D eigenvalue weighted by molar-refractivity contribution is -0.122. The highest BCUT2D eigenvalue weighted by molar-refractivity contribution is 5.77. The summed E-state index contributed by atoms with van der Waals surface area (Å²) in [6.45, 7) is 10.9. The third-order valence-corrected chi connectivity index (χ3v) is 4.15. The van der Waals surface area contributed by atoms with Crippen LogP contribution in [0.3, 0.4) is 0 Å². The Hall–Kier alpha value is -1.43. The van der Waals surface area contributed by atoms with Crippen molar-refractivity contribution in [2.24, 2.45) is 5.84 Å². The monoisotopic (exact) mass is 320 g/mol. The molecule has 1 atom stereocenters. The summed E-state index contributed by atoms with van der Waals surface area (Å²) in [5.74, 6) is 4.95. The van der Waals surface area contributed by atoms with Crippen LogP contribution in [-0.2, 0) is 16.8 Å². The van der Waals surface area contributed by atoms with Crippen molar-refractivity contribution >= 4 is 5.91 Å². The second-order valence-corrected chi connectivity index (χ2v) is 7.48. The molecule has 0 bridgehead atoms. The first kappa shape index (κ1) is 19.6. The van der Waals surface area contributed by atoms with Gasteiger partial charge < -0.3 is 0 Å². The fraction of sp³-hybridized carbons (Fsp3) is 0.611. The maximum absolute atomic E-state index is 11.3. The third kappa shape index (κ3) is 6.69. The number of nitrogens with zero attached hydrogens (tertiary/aromatic N) is 2. The van der Waals surface area contributed by atoms with Gasteiger partial charge in [-0.1, -0.05) is 45.0 Å². The third-order valence-electron chi connectivity index (χ3n) is 4.15. The highest BCUT2D eigenvalue weighted by Crippen LogP contribution is 2.22. The van der Waals surface area contributed by atoms with Crippen molar-refractivity contribution in [1.82, 2.24) is 15.2 Å². The van der Waals surface area contributed by atoms with E-state index in [-0.39, 0.29) is 11.3 Å². The van der Waals surface area contributed by atoms with E-state index in [0.29, 0.717) is 12.6 Å². The van der Waals surface area contributed by atoms with Crippen LogP contribution >= 0.6 is 0 Å². The Morgan fingerprint density at radius 1 is 1.22 bits per heavy atom. The van der Waals surface area contributed by atoms with Crippen LogP contribution in [0.15, 0.2) is 24.3 Å². The first-order chi connectivity index (χ1) is 10.6. The highest BCUT2D eigenvalue weighted by Gasteiger charge is 2.15. The van der Waals surface area contributed by atoms with Gasteiger partial charge in [0.15, 0.2) is 0 Å². The van der Waals surface area contributed by atoms with E-state index in [1.807, 2.05) is 11.9 Å². The number of benzene rings is 1. The molecule has 0 fully saturated rings. The lowest BCUT2D eigenvalue weighted by Gasteiger charge is -2.29. The maximum Gasteiger partial charge on any atom is 0.248 e. The summed E-state index contributed by atoms with van der Waals surface area (Å²) in [5.41, 5.74) is 5.00. The van der Waals surface area contributed by atoms with Crippen LogP contribution in [0.1, 0.15) is 38.8 Å². The van der Waals surface area contributed by atoms with Gasteiger partial charge >= 0.3 is 0 Å². The molecular weight excluding hydrogens is 288 g/mol. The van der Waals surface area contributed by atoms with Crippen molar-refractivity contribution in [3.05, 3.63) is 35.4 Å². The van der Waals surface area contributed by atoms with E-state index >= 15 is 0 Å². The number of hydrogen-bond acceptors (Lipinski definition) is 4. The zero-order valence-electron chi connectivity index (χ0n) is 15.4. The maximum atomic E-state index is 11.3. The summed E-state index contributed by atoms with van der Waals surface area (Å²) in [4.78, 5) is 15.6. The second kappa shape index (κ2) is 8.43. The number of hydrogen-bond donors (Lipinski definition) is 2. The molecule has 23 heavy (non-hydrogen) atoms. The first-order valence-electron chi connectivity index (χ1n) is 8.11. The molecule has 0 saturated carbocycles. The van der Waals surface area contributed by atoms with Crippen LogP contribution < -0.4 is 11.3 Å². The molecule has 1 amide bonds. The molecule has 0 aliphatic rings.